The third-order valence-electron chi connectivity index (χ3n) is 3.62. The van der Waals surface area contributed by atoms with Crippen molar-refractivity contribution < 1.29 is 18.7 Å². The minimum atomic E-state index is -0.456. The average Bonchev–Trinajstić information content (AvgIpc) is 3.14. The van der Waals surface area contributed by atoms with E-state index in [0.29, 0.717) is 18.1 Å². The first-order chi connectivity index (χ1) is 12.7. The summed E-state index contributed by atoms with van der Waals surface area (Å²) in [6.07, 6.45) is 0.929. The van der Waals surface area contributed by atoms with Crippen LogP contribution in [0, 0.1) is 6.92 Å². The van der Waals surface area contributed by atoms with E-state index in [1.54, 1.807) is 24.3 Å². The van der Waals surface area contributed by atoms with E-state index >= 15 is 0 Å². The van der Waals surface area contributed by atoms with Crippen molar-refractivity contribution in [2.75, 3.05) is 6.61 Å². The predicted octanol–water partition coefficient (Wildman–Crippen LogP) is 4.19. The highest BCUT2D eigenvalue weighted by atomic mass is 16.5. The van der Waals surface area contributed by atoms with Crippen molar-refractivity contribution in [3.05, 3.63) is 65.5 Å². The second-order valence-electron chi connectivity index (χ2n) is 5.82. The number of carbonyl (C=O) groups excluding carboxylic acids is 1. The van der Waals surface area contributed by atoms with Gasteiger partial charge in [-0.3, -0.25) is 0 Å². The molecule has 2 aromatic carbocycles. The Morgan fingerprint density at radius 2 is 1.92 bits per heavy atom. The Balaban J connectivity index is 1.58. The molecule has 0 unspecified atom stereocenters. The average molecular weight is 352 g/mol. The lowest BCUT2D eigenvalue weighted by molar-refractivity contribution is 0.0438. The van der Waals surface area contributed by atoms with Gasteiger partial charge in [0.15, 0.2) is 6.61 Å². The van der Waals surface area contributed by atoms with E-state index in [0.717, 1.165) is 23.3 Å². The van der Waals surface area contributed by atoms with E-state index in [1.165, 1.54) is 0 Å². The van der Waals surface area contributed by atoms with E-state index in [1.807, 2.05) is 38.1 Å². The molecule has 0 spiro atoms. The van der Waals surface area contributed by atoms with Gasteiger partial charge in [-0.05, 0) is 49.7 Å². The third kappa shape index (κ3) is 4.47. The van der Waals surface area contributed by atoms with Gasteiger partial charge in [0.05, 0.1) is 12.2 Å². The Morgan fingerprint density at radius 1 is 1.12 bits per heavy atom. The van der Waals surface area contributed by atoms with Crippen LogP contribution in [-0.4, -0.2) is 22.8 Å². The highest BCUT2D eigenvalue weighted by molar-refractivity contribution is 5.89. The van der Waals surface area contributed by atoms with Gasteiger partial charge in [0.2, 0.25) is 5.89 Å². The first-order valence-electron chi connectivity index (χ1n) is 8.45. The SMILES string of the molecule is CCCOc1ccc(C(=O)OCc2nnc(-c3cccc(C)c3)o2)cc1. The normalized spacial score (nSPS) is 10.5. The Bertz CT molecular complexity index is 872. The van der Waals surface area contributed by atoms with Crippen molar-refractivity contribution >= 4 is 5.97 Å². The first-order valence-corrected chi connectivity index (χ1v) is 8.45. The van der Waals surface area contributed by atoms with Crippen LogP contribution >= 0.6 is 0 Å². The summed E-state index contributed by atoms with van der Waals surface area (Å²) < 4.78 is 16.3. The lowest BCUT2D eigenvalue weighted by atomic mass is 10.1. The molecule has 6 nitrogen and oxygen atoms in total. The standard InChI is InChI=1S/C20H20N2O4/c1-3-11-24-17-9-7-15(8-10-17)20(23)25-13-18-21-22-19(26-18)16-6-4-5-14(2)12-16/h4-10,12H,3,11,13H2,1-2H3. The number of nitrogens with zero attached hydrogens (tertiary/aromatic N) is 2. The van der Waals surface area contributed by atoms with Crippen molar-refractivity contribution in [1.29, 1.82) is 0 Å². The Kier molecular flexibility index (Phi) is 5.63. The van der Waals surface area contributed by atoms with Gasteiger partial charge < -0.3 is 13.9 Å². The second kappa shape index (κ2) is 8.29. The zero-order chi connectivity index (χ0) is 18.4. The number of esters is 1. The molecule has 1 aromatic heterocycles. The van der Waals surface area contributed by atoms with Crippen LogP contribution in [-0.2, 0) is 11.3 Å². The van der Waals surface area contributed by atoms with Crippen LogP contribution in [0.2, 0.25) is 0 Å². The predicted molar refractivity (Wildman–Crippen MR) is 95.8 cm³/mol. The number of hydrogen-bond donors (Lipinski definition) is 0. The molecule has 0 radical (unpaired) electrons. The van der Waals surface area contributed by atoms with Crippen molar-refractivity contribution in [2.24, 2.45) is 0 Å². The fourth-order valence-electron chi connectivity index (χ4n) is 2.32. The molecule has 0 N–H and O–H groups in total. The molecule has 0 aliphatic rings. The highest BCUT2D eigenvalue weighted by Gasteiger charge is 2.12. The maximum atomic E-state index is 12.1. The third-order valence-corrected chi connectivity index (χ3v) is 3.62. The molecule has 0 fully saturated rings. The number of benzene rings is 2. The smallest absolute Gasteiger partial charge is 0.338 e. The van der Waals surface area contributed by atoms with Gasteiger partial charge in [0.1, 0.15) is 5.75 Å². The van der Waals surface area contributed by atoms with Crippen LogP contribution in [0.3, 0.4) is 0 Å². The number of aromatic nitrogens is 2. The molecule has 0 saturated heterocycles. The minimum absolute atomic E-state index is 0.0776. The topological polar surface area (TPSA) is 74.5 Å². The van der Waals surface area contributed by atoms with Crippen molar-refractivity contribution in [3.63, 3.8) is 0 Å². The molecule has 1 heterocycles. The zero-order valence-corrected chi connectivity index (χ0v) is 14.8. The Morgan fingerprint density at radius 3 is 2.65 bits per heavy atom. The molecule has 0 aliphatic heterocycles. The largest absolute Gasteiger partial charge is 0.494 e. The number of ether oxygens (including phenoxy) is 2. The molecular weight excluding hydrogens is 332 g/mol. The van der Waals surface area contributed by atoms with Crippen LogP contribution < -0.4 is 4.74 Å². The second-order valence-corrected chi connectivity index (χ2v) is 5.82. The monoisotopic (exact) mass is 352 g/mol. The Hall–Kier alpha value is -3.15. The van der Waals surface area contributed by atoms with Gasteiger partial charge in [-0.15, -0.1) is 10.2 Å². The van der Waals surface area contributed by atoms with Crippen LogP contribution in [0.1, 0.15) is 35.2 Å². The molecular formula is C20H20N2O4. The minimum Gasteiger partial charge on any atom is -0.494 e. The number of carbonyl (C=O) groups is 1. The van der Waals surface area contributed by atoms with Gasteiger partial charge >= 0.3 is 5.97 Å². The van der Waals surface area contributed by atoms with Gasteiger partial charge in [0, 0.05) is 5.56 Å². The summed E-state index contributed by atoms with van der Waals surface area (Å²) in [5.41, 5.74) is 2.37. The summed E-state index contributed by atoms with van der Waals surface area (Å²) in [5.74, 6) is 0.917. The molecule has 3 aromatic rings. The van der Waals surface area contributed by atoms with Gasteiger partial charge in [-0.1, -0.05) is 24.6 Å². The summed E-state index contributed by atoms with van der Waals surface area (Å²) in [5, 5.41) is 7.92. The maximum Gasteiger partial charge on any atom is 0.338 e. The lowest BCUT2D eigenvalue weighted by Gasteiger charge is -2.05. The van der Waals surface area contributed by atoms with Crippen molar-refractivity contribution in [1.82, 2.24) is 10.2 Å². The summed E-state index contributed by atoms with van der Waals surface area (Å²) in [6, 6.07) is 14.6. The summed E-state index contributed by atoms with van der Waals surface area (Å²) in [7, 11) is 0. The van der Waals surface area contributed by atoms with Crippen LogP contribution in [0.4, 0.5) is 0 Å². The number of rotatable bonds is 7. The molecule has 3 rings (SSSR count). The van der Waals surface area contributed by atoms with E-state index in [-0.39, 0.29) is 12.5 Å². The maximum absolute atomic E-state index is 12.1. The summed E-state index contributed by atoms with van der Waals surface area (Å²) in [4.78, 5) is 12.1. The fraction of sp³-hybridized carbons (Fsp3) is 0.250. The summed E-state index contributed by atoms with van der Waals surface area (Å²) in [6.45, 7) is 4.59. The molecule has 0 saturated carbocycles. The number of aryl methyl sites for hydroxylation is 1. The molecule has 0 aliphatic carbocycles. The van der Waals surface area contributed by atoms with E-state index in [2.05, 4.69) is 10.2 Å². The highest BCUT2D eigenvalue weighted by Crippen LogP contribution is 2.19. The quantitative estimate of drug-likeness (QED) is 0.594. The van der Waals surface area contributed by atoms with Crippen molar-refractivity contribution in [3.8, 4) is 17.2 Å². The molecule has 6 heteroatoms. The van der Waals surface area contributed by atoms with E-state index in [4.69, 9.17) is 13.9 Å². The fourth-order valence-corrected chi connectivity index (χ4v) is 2.32. The Labute approximate surface area is 151 Å². The van der Waals surface area contributed by atoms with E-state index < -0.39 is 5.97 Å². The molecule has 0 amide bonds. The molecule has 0 bridgehead atoms. The molecule has 134 valence electrons. The molecule has 0 atom stereocenters. The van der Waals surface area contributed by atoms with Gasteiger partial charge in [-0.2, -0.15) is 0 Å². The zero-order valence-electron chi connectivity index (χ0n) is 14.8. The first kappa shape index (κ1) is 17.7. The van der Waals surface area contributed by atoms with Crippen molar-refractivity contribution in [2.45, 2.75) is 26.9 Å². The summed E-state index contributed by atoms with van der Waals surface area (Å²) >= 11 is 0. The van der Waals surface area contributed by atoms with Gasteiger partial charge in [-0.25, -0.2) is 4.79 Å². The van der Waals surface area contributed by atoms with Crippen LogP contribution in [0.5, 0.6) is 5.75 Å². The lowest BCUT2D eigenvalue weighted by Crippen LogP contribution is -2.05. The number of hydrogen-bond acceptors (Lipinski definition) is 6. The van der Waals surface area contributed by atoms with Gasteiger partial charge in [0.25, 0.3) is 5.89 Å². The van der Waals surface area contributed by atoms with Crippen LogP contribution in [0.25, 0.3) is 11.5 Å². The molecule has 26 heavy (non-hydrogen) atoms. The van der Waals surface area contributed by atoms with E-state index in [9.17, 15) is 4.79 Å². The van der Waals surface area contributed by atoms with Crippen LogP contribution in [0.15, 0.2) is 52.9 Å².